The zero-order valence-corrected chi connectivity index (χ0v) is 24.3. The summed E-state index contributed by atoms with van der Waals surface area (Å²) in [5.74, 6) is -2.13. The molecule has 10 nitrogen and oxygen atoms in total. The number of nitrogens with one attached hydrogen (secondary N) is 1. The number of alkyl halides is 3. The number of hydrogen-bond donors (Lipinski definition) is 2. The van der Waals surface area contributed by atoms with Crippen LogP contribution in [0.15, 0.2) is 60.0 Å². The van der Waals surface area contributed by atoms with Gasteiger partial charge in [0.05, 0.1) is 18.8 Å². The second kappa shape index (κ2) is 13.0. The summed E-state index contributed by atoms with van der Waals surface area (Å²) in [6.45, 7) is 1.87. The minimum absolute atomic E-state index is 0.0377. The van der Waals surface area contributed by atoms with Crippen molar-refractivity contribution in [2.24, 2.45) is 13.0 Å². The van der Waals surface area contributed by atoms with Gasteiger partial charge in [-0.3, -0.25) is 9.59 Å². The van der Waals surface area contributed by atoms with E-state index in [0.717, 1.165) is 16.3 Å². The van der Waals surface area contributed by atoms with Crippen LogP contribution in [0.1, 0.15) is 48.8 Å². The van der Waals surface area contributed by atoms with Gasteiger partial charge in [0.2, 0.25) is 5.91 Å². The van der Waals surface area contributed by atoms with Crippen LogP contribution in [0.4, 0.5) is 18.9 Å². The predicted molar refractivity (Wildman–Crippen MR) is 151 cm³/mol. The molecule has 5 atom stereocenters. The van der Waals surface area contributed by atoms with E-state index in [4.69, 9.17) is 9.47 Å². The third-order valence-corrected chi connectivity index (χ3v) is 8.80. The van der Waals surface area contributed by atoms with Crippen molar-refractivity contribution in [3.05, 3.63) is 71.5 Å². The zero-order valence-electron chi connectivity index (χ0n) is 23.5. The lowest BCUT2D eigenvalue weighted by atomic mass is 9.91. The first-order valence-electron chi connectivity index (χ1n) is 13.8. The summed E-state index contributed by atoms with van der Waals surface area (Å²) in [6, 6.07) is 13.1. The third-order valence-electron chi connectivity index (χ3n) is 7.68. The zero-order chi connectivity index (χ0) is 30.7. The smallest absolute Gasteiger partial charge is 0.392 e. The molecule has 2 N–H and O–H groups in total. The fraction of sp³-hybridized carbons (Fsp3) is 0.448. The van der Waals surface area contributed by atoms with Crippen LogP contribution in [0.5, 0.6) is 0 Å². The number of carbonyl (C=O) groups excluding carboxylic acids is 2. The maximum Gasteiger partial charge on any atom is 0.471 e. The molecule has 43 heavy (non-hydrogen) atoms. The molecule has 0 unspecified atom stereocenters. The average Bonchev–Trinajstić information content (AvgIpc) is 3.65. The van der Waals surface area contributed by atoms with E-state index < -0.39 is 30.3 Å². The van der Waals surface area contributed by atoms with Gasteiger partial charge in [-0.2, -0.15) is 13.2 Å². The maximum absolute atomic E-state index is 13.0. The topological polar surface area (TPSA) is 119 Å². The second-order valence-corrected chi connectivity index (χ2v) is 11.6. The summed E-state index contributed by atoms with van der Waals surface area (Å²) in [4.78, 5) is 25.2. The molecule has 2 aromatic carbocycles. The molecule has 230 valence electrons. The van der Waals surface area contributed by atoms with Crippen LogP contribution in [-0.2, 0) is 32.7 Å². The number of aliphatic hydroxyl groups is 1. The number of thioether (sulfide) groups is 1. The monoisotopic (exact) mass is 619 g/mol. The number of benzene rings is 2. The van der Waals surface area contributed by atoms with E-state index in [9.17, 15) is 27.9 Å². The molecule has 2 aliphatic rings. The number of aliphatic hydroxyl groups excluding tert-OH is 1. The largest absolute Gasteiger partial charge is 0.471 e. The Balaban J connectivity index is 1.31. The number of halogens is 3. The summed E-state index contributed by atoms with van der Waals surface area (Å²) in [7, 11) is 1.86. The molecule has 2 saturated heterocycles. The highest BCUT2D eigenvalue weighted by Gasteiger charge is 2.47. The number of likely N-dealkylation sites (tertiary alicyclic amines) is 1. The Bertz CT molecular complexity index is 1420. The van der Waals surface area contributed by atoms with Crippen molar-refractivity contribution in [1.29, 1.82) is 0 Å². The Morgan fingerprint density at radius 1 is 1.09 bits per heavy atom. The van der Waals surface area contributed by atoms with Gasteiger partial charge >= 0.3 is 12.1 Å². The molecule has 1 aromatic heterocycles. The SMILES string of the molecule is C[C@H]1[C@@H](CSc2nncn2C)O[C@@H](c2ccc(NC(=O)[C@@H]3CCCN3C(=O)C(F)(F)F)cc2)O[C@H]1c1ccc(CO)cc1. The average molecular weight is 620 g/mol. The number of aromatic nitrogens is 3. The number of anilines is 1. The Morgan fingerprint density at radius 3 is 2.42 bits per heavy atom. The molecule has 0 radical (unpaired) electrons. The molecular weight excluding hydrogens is 587 g/mol. The van der Waals surface area contributed by atoms with Crippen LogP contribution < -0.4 is 5.32 Å². The van der Waals surface area contributed by atoms with E-state index in [1.54, 1.807) is 30.6 Å². The minimum Gasteiger partial charge on any atom is -0.392 e. The fourth-order valence-corrected chi connectivity index (χ4v) is 6.32. The van der Waals surface area contributed by atoms with Gasteiger partial charge in [0.1, 0.15) is 12.4 Å². The van der Waals surface area contributed by atoms with Crippen molar-refractivity contribution < 1.29 is 37.3 Å². The summed E-state index contributed by atoms with van der Waals surface area (Å²) in [6.07, 6.45) is -4.24. The normalized spacial score (nSPS) is 24.2. The molecule has 2 amide bonds. The lowest BCUT2D eigenvalue weighted by Gasteiger charge is -2.41. The number of ether oxygens (including phenoxy) is 2. The number of hydrogen-bond acceptors (Lipinski definition) is 8. The number of amides is 2. The van der Waals surface area contributed by atoms with E-state index in [2.05, 4.69) is 22.4 Å². The molecule has 3 aromatic rings. The van der Waals surface area contributed by atoms with Crippen LogP contribution in [0.2, 0.25) is 0 Å². The van der Waals surface area contributed by atoms with Gasteiger partial charge in [-0.25, -0.2) is 0 Å². The van der Waals surface area contributed by atoms with Crippen LogP contribution >= 0.6 is 11.8 Å². The van der Waals surface area contributed by atoms with Gasteiger partial charge in [0.15, 0.2) is 11.4 Å². The Hall–Kier alpha value is -3.46. The molecular formula is C29H32F3N5O5S. The molecule has 0 spiro atoms. The summed E-state index contributed by atoms with van der Waals surface area (Å²) >= 11 is 1.52. The van der Waals surface area contributed by atoms with Gasteiger partial charge < -0.3 is 29.4 Å². The first-order chi connectivity index (χ1) is 20.5. The first kappa shape index (κ1) is 31.0. The molecule has 5 rings (SSSR count). The molecule has 2 aliphatic heterocycles. The second-order valence-electron chi connectivity index (χ2n) is 10.6. The Kier molecular flexibility index (Phi) is 9.39. The number of rotatable bonds is 8. The predicted octanol–water partition coefficient (Wildman–Crippen LogP) is 4.38. The Morgan fingerprint density at radius 2 is 1.79 bits per heavy atom. The van der Waals surface area contributed by atoms with Crippen molar-refractivity contribution in [2.45, 2.75) is 62.2 Å². The van der Waals surface area contributed by atoms with Gasteiger partial charge in [-0.15, -0.1) is 10.2 Å². The van der Waals surface area contributed by atoms with Crippen LogP contribution in [-0.4, -0.2) is 67.2 Å². The van der Waals surface area contributed by atoms with Crippen molar-refractivity contribution >= 4 is 29.3 Å². The van der Waals surface area contributed by atoms with E-state index in [1.165, 1.54) is 11.8 Å². The number of aryl methyl sites for hydroxylation is 1. The number of nitrogens with zero attached hydrogens (tertiary/aromatic N) is 4. The van der Waals surface area contributed by atoms with Crippen molar-refractivity contribution in [2.75, 3.05) is 17.6 Å². The minimum atomic E-state index is -5.04. The summed E-state index contributed by atoms with van der Waals surface area (Å²) < 4.78 is 53.6. The van der Waals surface area contributed by atoms with Crippen molar-refractivity contribution in [3.63, 3.8) is 0 Å². The lowest BCUT2D eigenvalue weighted by molar-refractivity contribution is -0.268. The Labute approximate surface area is 250 Å². The van der Waals surface area contributed by atoms with Crippen LogP contribution in [0.25, 0.3) is 0 Å². The van der Waals surface area contributed by atoms with Gasteiger partial charge in [-0.05, 0) is 36.1 Å². The van der Waals surface area contributed by atoms with E-state index in [0.29, 0.717) is 28.3 Å². The molecule has 0 aliphatic carbocycles. The van der Waals surface area contributed by atoms with E-state index in [-0.39, 0.29) is 37.7 Å². The van der Waals surface area contributed by atoms with Crippen molar-refractivity contribution in [1.82, 2.24) is 19.7 Å². The van der Waals surface area contributed by atoms with E-state index in [1.807, 2.05) is 35.9 Å². The van der Waals surface area contributed by atoms with Crippen molar-refractivity contribution in [3.8, 4) is 0 Å². The van der Waals surface area contributed by atoms with Gasteiger partial charge in [0.25, 0.3) is 0 Å². The van der Waals surface area contributed by atoms with Gasteiger partial charge in [0, 0.05) is 36.5 Å². The van der Waals surface area contributed by atoms with Crippen LogP contribution in [0, 0.1) is 5.92 Å². The summed E-state index contributed by atoms with van der Waals surface area (Å²) in [5, 5.41) is 20.9. The molecule has 0 bridgehead atoms. The quantitative estimate of drug-likeness (QED) is 0.357. The number of carbonyl (C=O) groups is 2. The molecule has 2 fully saturated rings. The lowest BCUT2D eigenvalue weighted by Crippen LogP contribution is -2.48. The van der Waals surface area contributed by atoms with Gasteiger partial charge in [-0.1, -0.05) is 55.1 Å². The first-order valence-corrected chi connectivity index (χ1v) is 14.8. The summed E-state index contributed by atoms with van der Waals surface area (Å²) in [5.41, 5.74) is 2.78. The highest BCUT2D eigenvalue weighted by molar-refractivity contribution is 7.99. The maximum atomic E-state index is 13.0. The standard InChI is InChI=1S/C29H32F3N5O5S/c1-17-23(15-43-28-35-33-16-36(28)2)41-26(42-24(17)19-7-5-18(14-38)6-8-19)20-9-11-21(12-10-20)34-25(39)22-4-3-13-37(22)27(40)29(30,31)32/h5-12,16-17,22-24,26,38H,3-4,13-15H2,1-2H3,(H,34,39)/t17-,22-,23+,24+,26+/m0/s1. The van der Waals surface area contributed by atoms with E-state index >= 15 is 0 Å². The molecule has 3 heterocycles. The van der Waals surface area contributed by atoms with Crippen LogP contribution in [0.3, 0.4) is 0 Å². The highest BCUT2D eigenvalue weighted by atomic mass is 32.2. The third kappa shape index (κ3) is 7.03. The molecule has 0 saturated carbocycles. The fourth-order valence-electron chi connectivity index (χ4n) is 5.26. The molecule has 14 heteroatoms. The highest BCUT2D eigenvalue weighted by Crippen LogP contribution is 2.43.